The van der Waals surface area contributed by atoms with E-state index in [1.165, 1.54) is 12.1 Å². The number of nitrogens with one attached hydrogen (secondary N) is 1. The van der Waals surface area contributed by atoms with Crippen molar-refractivity contribution >= 4 is 17.3 Å². The van der Waals surface area contributed by atoms with Gasteiger partial charge in [-0.15, -0.1) is 0 Å². The Morgan fingerprint density at radius 3 is 2.47 bits per heavy atom. The molecule has 0 spiro atoms. The quantitative estimate of drug-likeness (QED) is 0.794. The topological polar surface area (TPSA) is 12.0 Å². The minimum Gasteiger partial charge on any atom is -0.377 e. The third-order valence-electron chi connectivity index (χ3n) is 3.13. The average molecular weight is 278 g/mol. The zero-order chi connectivity index (χ0) is 13.8. The Morgan fingerprint density at radius 2 is 1.84 bits per heavy atom. The molecule has 0 saturated carbocycles. The van der Waals surface area contributed by atoms with Gasteiger partial charge in [-0.25, -0.2) is 4.39 Å². The fourth-order valence-corrected chi connectivity index (χ4v) is 2.23. The van der Waals surface area contributed by atoms with E-state index < -0.39 is 0 Å². The maximum Gasteiger partial charge on any atom is 0.123 e. The molecule has 1 unspecified atom stereocenters. The first-order valence-corrected chi connectivity index (χ1v) is 6.76. The molecule has 2 aromatic rings. The molecule has 0 aromatic heterocycles. The van der Waals surface area contributed by atoms with E-state index in [0.29, 0.717) is 5.02 Å². The first-order valence-electron chi connectivity index (χ1n) is 6.38. The highest BCUT2D eigenvalue weighted by atomic mass is 35.5. The predicted octanol–water partition coefficient (Wildman–Crippen LogP) is 5.35. The molecule has 0 radical (unpaired) electrons. The summed E-state index contributed by atoms with van der Waals surface area (Å²) in [6.07, 6.45) is 0.899. The van der Waals surface area contributed by atoms with Crippen molar-refractivity contribution in [3.63, 3.8) is 0 Å². The van der Waals surface area contributed by atoms with Crippen LogP contribution in [0.5, 0.6) is 0 Å². The number of rotatable bonds is 4. The van der Waals surface area contributed by atoms with E-state index >= 15 is 0 Å². The van der Waals surface area contributed by atoms with Crippen molar-refractivity contribution in [1.29, 1.82) is 0 Å². The van der Waals surface area contributed by atoms with E-state index in [2.05, 4.69) is 12.2 Å². The van der Waals surface area contributed by atoms with Crippen LogP contribution in [0.3, 0.4) is 0 Å². The molecule has 0 aliphatic carbocycles. The van der Waals surface area contributed by atoms with Crippen molar-refractivity contribution in [3.05, 3.63) is 64.4 Å². The number of aryl methyl sites for hydroxylation is 1. The van der Waals surface area contributed by atoms with E-state index in [9.17, 15) is 4.39 Å². The zero-order valence-electron chi connectivity index (χ0n) is 11.1. The molecule has 1 atom stereocenters. The van der Waals surface area contributed by atoms with E-state index in [4.69, 9.17) is 11.6 Å². The third kappa shape index (κ3) is 3.48. The standard InChI is InChI=1S/C16H17ClFN/c1-3-15(12-5-7-13(18)8-6-12)19-16-10-11(2)4-9-14(16)17/h4-10,15,19H,3H2,1-2H3. The van der Waals surface area contributed by atoms with E-state index in [-0.39, 0.29) is 11.9 Å². The Labute approximate surface area is 118 Å². The molecule has 0 bridgehead atoms. The Bertz CT molecular complexity index is 551. The second-order valence-corrected chi connectivity index (χ2v) is 5.05. The lowest BCUT2D eigenvalue weighted by molar-refractivity contribution is 0.625. The molecule has 0 saturated heterocycles. The van der Waals surface area contributed by atoms with Crippen molar-refractivity contribution < 1.29 is 4.39 Å². The molecular weight excluding hydrogens is 261 g/mol. The highest BCUT2D eigenvalue weighted by Crippen LogP contribution is 2.28. The van der Waals surface area contributed by atoms with Crippen LogP contribution in [0.4, 0.5) is 10.1 Å². The molecule has 2 rings (SSSR count). The summed E-state index contributed by atoms with van der Waals surface area (Å²) in [5, 5.41) is 4.12. The van der Waals surface area contributed by atoms with Crippen molar-refractivity contribution in [2.45, 2.75) is 26.3 Å². The van der Waals surface area contributed by atoms with Crippen LogP contribution in [0.1, 0.15) is 30.5 Å². The van der Waals surface area contributed by atoms with Crippen LogP contribution in [-0.2, 0) is 0 Å². The van der Waals surface area contributed by atoms with Gasteiger partial charge in [-0.3, -0.25) is 0 Å². The second kappa shape index (κ2) is 6.07. The van der Waals surface area contributed by atoms with Gasteiger partial charge in [0.25, 0.3) is 0 Å². The van der Waals surface area contributed by atoms with Crippen LogP contribution in [0.2, 0.25) is 5.02 Å². The van der Waals surface area contributed by atoms with E-state index in [1.54, 1.807) is 12.1 Å². The van der Waals surface area contributed by atoms with Crippen LogP contribution >= 0.6 is 11.6 Å². The predicted molar refractivity (Wildman–Crippen MR) is 79.2 cm³/mol. The van der Waals surface area contributed by atoms with Gasteiger partial charge in [-0.2, -0.15) is 0 Å². The number of halogens is 2. The van der Waals surface area contributed by atoms with Gasteiger partial charge < -0.3 is 5.32 Å². The summed E-state index contributed by atoms with van der Waals surface area (Å²) in [6, 6.07) is 12.6. The molecular formula is C16H17ClFN. The SMILES string of the molecule is CCC(Nc1cc(C)ccc1Cl)c1ccc(F)cc1. The number of benzene rings is 2. The lowest BCUT2D eigenvalue weighted by atomic mass is 10.0. The van der Waals surface area contributed by atoms with E-state index in [0.717, 1.165) is 23.2 Å². The fourth-order valence-electron chi connectivity index (χ4n) is 2.05. The molecule has 0 amide bonds. The van der Waals surface area contributed by atoms with Crippen LogP contribution < -0.4 is 5.32 Å². The monoisotopic (exact) mass is 277 g/mol. The van der Waals surface area contributed by atoms with Gasteiger partial charge in [0.1, 0.15) is 5.82 Å². The molecule has 0 heterocycles. The summed E-state index contributed by atoms with van der Waals surface area (Å²) >= 11 is 6.19. The normalized spacial score (nSPS) is 12.2. The van der Waals surface area contributed by atoms with Gasteiger partial charge in [0, 0.05) is 0 Å². The summed E-state index contributed by atoms with van der Waals surface area (Å²) in [7, 11) is 0. The van der Waals surface area contributed by atoms with E-state index in [1.807, 2.05) is 25.1 Å². The average Bonchev–Trinajstić information content (AvgIpc) is 2.41. The number of hydrogen-bond acceptors (Lipinski definition) is 1. The Morgan fingerprint density at radius 1 is 1.16 bits per heavy atom. The Hall–Kier alpha value is -1.54. The molecule has 0 aliphatic rings. The first kappa shape index (κ1) is 13.9. The highest BCUT2D eigenvalue weighted by Gasteiger charge is 2.11. The van der Waals surface area contributed by atoms with Crippen molar-refractivity contribution in [2.24, 2.45) is 0 Å². The Balaban J connectivity index is 2.23. The second-order valence-electron chi connectivity index (χ2n) is 4.64. The third-order valence-corrected chi connectivity index (χ3v) is 3.46. The summed E-state index contributed by atoms with van der Waals surface area (Å²) in [5.74, 6) is -0.216. The maximum atomic E-state index is 13.0. The summed E-state index contributed by atoms with van der Waals surface area (Å²) in [6.45, 7) is 4.12. The molecule has 19 heavy (non-hydrogen) atoms. The minimum absolute atomic E-state index is 0.125. The lowest BCUT2D eigenvalue weighted by Crippen LogP contribution is -2.10. The number of anilines is 1. The van der Waals surface area contributed by atoms with Crippen LogP contribution in [0.15, 0.2) is 42.5 Å². The zero-order valence-corrected chi connectivity index (χ0v) is 11.8. The van der Waals surface area contributed by atoms with Crippen molar-refractivity contribution in [2.75, 3.05) is 5.32 Å². The van der Waals surface area contributed by atoms with Crippen molar-refractivity contribution in [1.82, 2.24) is 0 Å². The van der Waals surface area contributed by atoms with Crippen LogP contribution in [-0.4, -0.2) is 0 Å². The molecule has 0 fully saturated rings. The smallest absolute Gasteiger partial charge is 0.123 e. The van der Waals surface area contributed by atoms with Crippen LogP contribution in [0.25, 0.3) is 0 Å². The van der Waals surface area contributed by atoms with Gasteiger partial charge in [-0.05, 0) is 48.7 Å². The van der Waals surface area contributed by atoms with Gasteiger partial charge in [0.2, 0.25) is 0 Å². The molecule has 100 valence electrons. The Kier molecular flexibility index (Phi) is 4.43. The molecule has 1 N–H and O–H groups in total. The minimum atomic E-state index is -0.216. The largest absolute Gasteiger partial charge is 0.377 e. The summed E-state index contributed by atoms with van der Waals surface area (Å²) in [5.41, 5.74) is 3.13. The van der Waals surface area contributed by atoms with Crippen LogP contribution in [0, 0.1) is 12.7 Å². The molecule has 3 heteroatoms. The maximum absolute atomic E-state index is 13.0. The molecule has 1 nitrogen and oxygen atoms in total. The number of hydrogen-bond donors (Lipinski definition) is 1. The van der Waals surface area contributed by atoms with Gasteiger partial charge in [0.05, 0.1) is 16.8 Å². The molecule has 0 aliphatic heterocycles. The first-order chi connectivity index (χ1) is 9.10. The van der Waals surface area contributed by atoms with Crippen molar-refractivity contribution in [3.8, 4) is 0 Å². The lowest BCUT2D eigenvalue weighted by Gasteiger charge is -2.20. The summed E-state index contributed by atoms with van der Waals surface area (Å²) in [4.78, 5) is 0. The summed E-state index contributed by atoms with van der Waals surface area (Å²) < 4.78 is 13.0. The van der Waals surface area contributed by atoms with Gasteiger partial charge in [0.15, 0.2) is 0 Å². The molecule has 2 aromatic carbocycles. The van der Waals surface area contributed by atoms with Gasteiger partial charge >= 0.3 is 0 Å². The van der Waals surface area contributed by atoms with Gasteiger partial charge in [-0.1, -0.05) is 36.7 Å². The highest BCUT2D eigenvalue weighted by molar-refractivity contribution is 6.33. The fraction of sp³-hybridized carbons (Fsp3) is 0.250.